The average Bonchev–Trinajstić information content (AvgIpc) is 3.23. The van der Waals surface area contributed by atoms with Crippen LogP contribution in [0.5, 0.6) is 0 Å². The number of hydrogen-bond donors (Lipinski definition) is 1. The summed E-state index contributed by atoms with van der Waals surface area (Å²) in [4.78, 5) is 41.7. The minimum atomic E-state index is -0.712. The number of nitrogens with two attached hydrogens (primary N) is 1. The van der Waals surface area contributed by atoms with Gasteiger partial charge in [-0.15, -0.1) is 11.3 Å². The maximum Gasteiger partial charge on any atom is 0.358 e. The summed E-state index contributed by atoms with van der Waals surface area (Å²) in [6, 6.07) is 15.9. The molecular weight excluding hydrogens is 426 g/mol. The zero-order chi connectivity index (χ0) is 21.5. The predicted molar refractivity (Wildman–Crippen MR) is 115 cm³/mol. The van der Waals surface area contributed by atoms with Gasteiger partial charge in [0.05, 0.1) is 0 Å². The summed E-state index contributed by atoms with van der Waals surface area (Å²) in [5.41, 5.74) is 6.66. The molecule has 1 aromatic heterocycles. The summed E-state index contributed by atoms with van der Waals surface area (Å²) in [5, 5.41) is 2.74. The van der Waals surface area contributed by atoms with Gasteiger partial charge in [-0.25, -0.2) is 9.78 Å². The summed E-state index contributed by atoms with van der Waals surface area (Å²) in [6.45, 7) is -0.401. The zero-order valence-electron chi connectivity index (χ0n) is 15.8. The molecule has 0 aliphatic heterocycles. The fraction of sp³-hybridized carbons (Fsp3) is 0.143. The van der Waals surface area contributed by atoms with Gasteiger partial charge in [-0.05, 0) is 24.3 Å². The maximum atomic E-state index is 12.6. The van der Waals surface area contributed by atoms with Gasteiger partial charge in [-0.2, -0.15) is 0 Å². The second-order valence-corrected chi connectivity index (χ2v) is 7.52. The number of nitrogens with zero attached hydrogens (tertiary/aromatic N) is 2. The number of hydrogen-bond acceptors (Lipinski definition) is 6. The lowest BCUT2D eigenvalue weighted by Crippen LogP contribution is -2.37. The largest absolute Gasteiger partial charge is 0.451 e. The number of anilines is 1. The molecule has 0 aliphatic carbocycles. The summed E-state index contributed by atoms with van der Waals surface area (Å²) in [6.07, 6.45) is -0.0103. The maximum absolute atomic E-state index is 12.6. The summed E-state index contributed by atoms with van der Waals surface area (Å²) in [7, 11) is 0. The number of halogens is 1. The monoisotopic (exact) mass is 443 g/mol. The lowest BCUT2D eigenvalue weighted by Gasteiger charge is -2.22. The molecule has 0 fully saturated rings. The Labute approximate surface area is 182 Å². The Kier molecular flexibility index (Phi) is 7.16. The van der Waals surface area contributed by atoms with E-state index >= 15 is 0 Å². The van der Waals surface area contributed by atoms with Crippen LogP contribution in [0.3, 0.4) is 0 Å². The van der Waals surface area contributed by atoms with Crippen LogP contribution in [0.15, 0.2) is 60.0 Å². The Bertz CT molecular complexity index is 1060. The highest BCUT2D eigenvalue weighted by atomic mass is 35.5. The van der Waals surface area contributed by atoms with E-state index in [1.165, 1.54) is 16.2 Å². The Morgan fingerprint density at radius 3 is 2.57 bits per heavy atom. The fourth-order valence-corrected chi connectivity index (χ4v) is 3.61. The third kappa shape index (κ3) is 5.65. The molecule has 7 nitrogen and oxygen atoms in total. The van der Waals surface area contributed by atoms with E-state index in [1.54, 1.807) is 53.9 Å². The minimum Gasteiger partial charge on any atom is -0.451 e. The molecule has 0 atom stereocenters. The first-order valence-corrected chi connectivity index (χ1v) is 10.2. The van der Waals surface area contributed by atoms with Crippen LogP contribution in [0.4, 0.5) is 5.69 Å². The van der Waals surface area contributed by atoms with Crippen molar-refractivity contribution in [2.45, 2.75) is 6.42 Å². The first-order valence-electron chi connectivity index (χ1n) is 8.96. The van der Waals surface area contributed by atoms with Crippen molar-refractivity contribution in [2.24, 2.45) is 5.73 Å². The van der Waals surface area contributed by atoms with E-state index in [4.69, 9.17) is 22.1 Å². The zero-order valence-corrected chi connectivity index (χ0v) is 17.4. The number of para-hydroxylation sites is 1. The molecule has 30 heavy (non-hydrogen) atoms. The van der Waals surface area contributed by atoms with Crippen molar-refractivity contribution in [1.82, 2.24) is 4.98 Å². The molecule has 2 amide bonds. The molecule has 0 saturated heterocycles. The highest BCUT2D eigenvalue weighted by Crippen LogP contribution is 2.26. The van der Waals surface area contributed by atoms with Crippen LogP contribution in [-0.4, -0.2) is 35.9 Å². The second kappa shape index (κ2) is 10.00. The number of benzene rings is 2. The third-order valence-electron chi connectivity index (χ3n) is 4.06. The van der Waals surface area contributed by atoms with Gasteiger partial charge in [0.25, 0.3) is 5.91 Å². The van der Waals surface area contributed by atoms with Gasteiger partial charge in [0.1, 0.15) is 5.01 Å². The summed E-state index contributed by atoms with van der Waals surface area (Å²) >= 11 is 7.26. The molecule has 2 aromatic carbocycles. The van der Waals surface area contributed by atoms with Crippen LogP contribution in [0.25, 0.3) is 10.6 Å². The molecule has 0 radical (unpaired) electrons. The van der Waals surface area contributed by atoms with E-state index in [2.05, 4.69) is 4.98 Å². The predicted octanol–water partition coefficient (Wildman–Crippen LogP) is 3.53. The van der Waals surface area contributed by atoms with Crippen LogP contribution in [0, 0.1) is 0 Å². The highest BCUT2D eigenvalue weighted by Gasteiger charge is 2.20. The van der Waals surface area contributed by atoms with Crippen molar-refractivity contribution in [1.29, 1.82) is 0 Å². The van der Waals surface area contributed by atoms with Crippen molar-refractivity contribution in [2.75, 3.05) is 18.1 Å². The van der Waals surface area contributed by atoms with E-state index < -0.39 is 24.4 Å². The molecule has 154 valence electrons. The Morgan fingerprint density at radius 1 is 1.10 bits per heavy atom. The van der Waals surface area contributed by atoms with Crippen molar-refractivity contribution < 1.29 is 19.1 Å². The molecule has 2 N–H and O–H groups in total. The van der Waals surface area contributed by atoms with E-state index in [-0.39, 0.29) is 18.7 Å². The number of ether oxygens (including phenoxy) is 1. The van der Waals surface area contributed by atoms with Gasteiger partial charge in [0, 0.05) is 34.6 Å². The van der Waals surface area contributed by atoms with Gasteiger partial charge >= 0.3 is 5.97 Å². The first kappa shape index (κ1) is 21.5. The van der Waals surface area contributed by atoms with E-state index in [1.807, 2.05) is 6.07 Å². The summed E-state index contributed by atoms with van der Waals surface area (Å²) in [5.74, 6) is -1.71. The number of esters is 1. The van der Waals surface area contributed by atoms with Crippen LogP contribution in [0.2, 0.25) is 5.02 Å². The molecule has 0 bridgehead atoms. The Hall–Kier alpha value is -3.23. The molecule has 0 unspecified atom stereocenters. The number of primary amides is 1. The molecule has 3 rings (SSSR count). The molecule has 0 saturated carbocycles. The number of amides is 2. The van der Waals surface area contributed by atoms with Gasteiger partial charge in [-0.1, -0.05) is 41.9 Å². The van der Waals surface area contributed by atoms with Crippen LogP contribution in [0.1, 0.15) is 16.9 Å². The Morgan fingerprint density at radius 2 is 1.87 bits per heavy atom. The van der Waals surface area contributed by atoms with E-state index in [0.29, 0.717) is 15.7 Å². The van der Waals surface area contributed by atoms with Crippen molar-refractivity contribution >= 4 is 46.4 Å². The van der Waals surface area contributed by atoms with Gasteiger partial charge in [0.15, 0.2) is 12.3 Å². The second-order valence-electron chi connectivity index (χ2n) is 6.22. The number of aromatic nitrogens is 1. The lowest BCUT2D eigenvalue weighted by molar-refractivity contribution is -0.121. The van der Waals surface area contributed by atoms with Crippen molar-refractivity contribution in [3.63, 3.8) is 0 Å². The number of thiazole rings is 1. The van der Waals surface area contributed by atoms with Gasteiger partial charge in [0.2, 0.25) is 5.91 Å². The number of rotatable bonds is 8. The number of carbonyl (C=O) groups excluding carboxylic acids is 3. The molecule has 0 spiro atoms. The summed E-state index contributed by atoms with van der Waals surface area (Å²) < 4.78 is 5.14. The standard InChI is InChI=1S/C21H18ClN3O4S/c22-15-6-4-5-14(11-15)20-24-17(13-30-20)21(28)29-12-19(27)25(10-9-18(23)26)16-7-2-1-3-8-16/h1-8,11,13H,9-10,12H2,(H2,23,26). The molecule has 0 aliphatic rings. The SMILES string of the molecule is NC(=O)CCN(C(=O)COC(=O)c1csc(-c2cccc(Cl)c2)n1)c1ccccc1. The van der Waals surface area contributed by atoms with Crippen molar-refractivity contribution in [3.8, 4) is 10.6 Å². The quantitative estimate of drug-likeness (QED) is 0.536. The van der Waals surface area contributed by atoms with Gasteiger partial charge in [-0.3, -0.25) is 9.59 Å². The first-order chi connectivity index (χ1) is 14.4. The topological polar surface area (TPSA) is 103 Å². The van der Waals surface area contributed by atoms with Crippen LogP contribution < -0.4 is 10.6 Å². The minimum absolute atomic E-state index is 0.0103. The molecule has 9 heteroatoms. The number of carbonyl (C=O) groups is 3. The van der Waals surface area contributed by atoms with Crippen LogP contribution in [-0.2, 0) is 14.3 Å². The van der Waals surface area contributed by atoms with Gasteiger partial charge < -0.3 is 15.4 Å². The lowest BCUT2D eigenvalue weighted by atomic mass is 10.2. The van der Waals surface area contributed by atoms with E-state index in [9.17, 15) is 14.4 Å². The average molecular weight is 444 g/mol. The smallest absolute Gasteiger partial charge is 0.358 e. The normalized spacial score (nSPS) is 10.4. The molecular formula is C21H18ClN3O4S. The van der Waals surface area contributed by atoms with E-state index in [0.717, 1.165) is 5.56 Å². The molecule has 3 aromatic rings. The fourth-order valence-electron chi connectivity index (χ4n) is 2.63. The third-order valence-corrected chi connectivity index (χ3v) is 5.19. The van der Waals surface area contributed by atoms with Crippen LogP contribution >= 0.6 is 22.9 Å². The molecule has 1 heterocycles. The highest BCUT2D eigenvalue weighted by molar-refractivity contribution is 7.13. The van der Waals surface area contributed by atoms with Crippen molar-refractivity contribution in [3.05, 3.63) is 70.7 Å². The Balaban J connectivity index is 1.65.